The maximum atomic E-state index is 12.9. The molecule has 170 valence electrons. The molecule has 4 N–H and O–H groups in total. The van der Waals surface area contributed by atoms with Gasteiger partial charge in [0.1, 0.15) is 12.2 Å². The third-order valence-electron chi connectivity index (χ3n) is 4.33. The molecule has 0 bridgehead atoms. The molecule has 0 atom stereocenters. The lowest BCUT2D eigenvalue weighted by molar-refractivity contribution is -0.139. The van der Waals surface area contributed by atoms with Crippen LogP contribution >= 0.6 is 24.0 Å². The number of likely N-dealkylation sites (tertiary alicyclic amines) is 1. The summed E-state index contributed by atoms with van der Waals surface area (Å²) < 4.78 is 44.0. The van der Waals surface area contributed by atoms with Gasteiger partial charge >= 0.3 is 6.18 Å². The van der Waals surface area contributed by atoms with Crippen LogP contribution < -0.4 is 21.1 Å². The van der Waals surface area contributed by atoms with Crippen molar-refractivity contribution in [2.45, 2.75) is 32.0 Å². The number of amides is 1. The van der Waals surface area contributed by atoms with Crippen molar-refractivity contribution in [2.75, 3.05) is 39.3 Å². The Labute approximate surface area is 190 Å². The number of hydrogen-bond acceptors (Lipinski definition) is 5. The van der Waals surface area contributed by atoms with Crippen LogP contribution in [0.1, 0.15) is 25.3 Å². The molecule has 1 aliphatic heterocycles. The molecule has 1 aliphatic rings. The number of aromatic nitrogens is 1. The van der Waals surface area contributed by atoms with Crippen molar-refractivity contribution in [1.29, 1.82) is 0 Å². The molecular weight excluding hydrogens is 516 g/mol. The first-order valence-corrected chi connectivity index (χ1v) is 9.50. The van der Waals surface area contributed by atoms with E-state index in [4.69, 9.17) is 10.5 Å². The predicted octanol–water partition coefficient (Wildman–Crippen LogP) is 1.60. The number of piperidine rings is 1. The summed E-state index contributed by atoms with van der Waals surface area (Å²) in [7, 11) is 0. The van der Waals surface area contributed by atoms with Gasteiger partial charge in [-0.05, 0) is 31.9 Å². The number of nitrogens with zero attached hydrogens (tertiary/aromatic N) is 3. The molecular formula is C18H28F3IN6O2. The number of carbonyl (C=O) groups is 1. The lowest BCUT2D eigenvalue weighted by Crippen LogP contribution is -2.49. The maximum Gasteiger partial charge on any atom is 0.421 e. The molecule has 0 saturated carbocycles. The molecule has 0 aromatic carbocycles. The van der Waals surface area contributed by atoms with E-state index < -0.39 is 17.6 Å². The number of guanidine groups is 1. The quantitative estimate of drug-likeness (QED) is 0.199. The average Bonchev–Trinajstić information content (AvgIpc) is 2.66. The van der Waals surface area contributed by atoms with Crippen molar-refractivity contribution in [3.8, 4) is 5.88 Å². The van der Waals surface area contributed by atoms with Gasteiger partial charge in [0.15, 0.2) is 5.96 Å². The molecule has 1 aromatic heterocycles. The van der Waals surface area contributed by atoms with Gasteiger partial charge in [-0.25, -0.2) is 9.98 Å². The molecule has 0 aliphatic carbocycles. The van der Waals surface area contributed by atoms with Gasteiger partial charge in [-0.1, -0.05) is 0 Å². The summed E-state index contributed by atoms with van der Waals surface area (Å²) in [6, 6.07) is 2.34. The second-order valence-electron chi connectivity index (χ2n) is 6.62. The Morgan fingerprint density at radius 2 is 2.10 bits per heavy atom. The number of primary amides is 1. The van der Waals surface area contributed by atoms with Crippen LogP contribution in [0.3, 0.4) is 0 Å². The van der Waals surface area contributed by atoms with Gasteiger partial charge in [0.25, 0.3) is 0 Å². The molecule has 1 amide bonds. The minimum Gasteiger partial charge on any atom is -0.475 e. The van der Waals surface area contributed by atoms with E-state index >= 15 is 0 Å². The third-order valence-corrected chi connectivity index (χ3v) is 4.33. The normalized spacial score (nSPS) is 15.9. The summed E-state index contributed by atoms with van der Waals surface area (Å²) in [6.45, 7) is 4.47. The number of rotatable bonds is 8. The number of nitrogens with two attached hydrogens (primary N) is 1. The lowest BCUT2D eigenvalue weighted by atomic mass is 10.1. The number of halogens is 4. The smallest absolute Gasteiger partial charge is 0.421 e. The van der Waals surface area contributed by atoms with Crippen LogP contribution in [0.15, 0.2) is 23.3 Å². The highest BCUT2D eigenvalue weighted by Crippen LogP contribution is 2.34. The summed E-state index contributed by atoms with van der Waals surface area (Å²) in [6.07, 6.45) is -1.61. The number of hydrogen-bond donors (Lipinski definition) is 3. The zero-order valence-corrected chi connectivity index (χ0v) is 19.1. The minimum absolute atomic E-state index is 0. The van der Waals surface area contributed by atoms with E-state index in [1.54, 1.807) is 0 Å². The van der Waals surface area contributed by atoms with Crippen LogP contribution in [0.25, 0.3) is 0 Å². The van der Waals surface area contributed by atoms with E-state index in [1.165, 1.54) is 12.3 Å². The Morgan fingerprint density at radius 1 is 1.40 bits per heavy atom. The molecule has 0 spiro atoms. The minimum atomic E-state index is -4.52. The first kappa shape index (κ1) is 26.2. The number of ether oxygens (including phenoxy) is 1. The van der Waals surface area contributed by atoms with E-state index in [0.717, 1.165) is 32.0 Å². The van der Waals surface area contributed by atoms with Crippen LogP contribution in [0.5, 0.6) is 5.88 Å². The number of carbonyl (C=O) groups excluding carboxylic acids is 1. The Morgan fingerprint density at radius 3 is 2.70 bits per heavy atom. The molecule has 0 unspecified atom stereocenters. The van der Waals surface area contributed by atoms with Crippen LogP contribution in [0.4, 0.5) is 13.2 Å². The van der Waals surface area contributed by atoms with E-state index in [9.17, 15) is 18.0 Å². The van der Waals surface area contributed by atoms with E-state index in [0.29, 0.717) is 12.5 Å². The highest BCUT2D eigenvalue weighted by Gasteiger charge is 2.35. The Balaban J connectivity index is 0.00000450. The van der Waals surface area contributed by atoms with Crippen molar-refractivity contribution < 1.29 is 22.7 Å². The van der Waals surface area contributed by atoms with E-state index in [-0.39, 0.29) is 55.6 Å². The van der Waals surface area contributed by atoms with Gasteiger partial charge in [-0.15, -0.1) is 24.0 Å². The average molecular weight is 544 g/mol. The van der Waals surface area contributed by atoms with Gasteiger partial charge in [-0.2, -0.15) is 13.2 Å². The molecule has 8 nitrogen and oxygen atoms in total. The lowest BCUT2D eigenvalue weighted by Gasteiger charge is -2.32. The van der Waals surface area contributed by atoms with Crippen LogP contribution in [-0.4, -0.2) is 67.1 Å². The van der Waals surface area contributed by atoms with E-state index in [2.05, 4.69) is 20.6 Å². The predicted molar refractivity (Wildman–Crippen MR) is 118 cm³/mol. The molecule has 2 heterocycles. The van der Waals surface area contributed by atoms with Crippen molar-refractivity contribution in [3.05, 3.63) is 23.9 Å². The topological polar surface area (TPSA) is 105 Å². The number of aliphatic imine (C=N–C) groups is 1. The Bertz CT molecular complexity index is 697. The van der Waals surface area contributed by atoms with Crippen LogP contribution in [-0.2, 0) is 11.0 Å². The van der Waals surface area contributed by atoms with Gasteiger partial charge in [0.05, 0.1) is 13.1 Å². The van der Waals surface area contributed by atoms with Gasteiger partial charge in [0.2, 0.25) is 11.8 Å². The molecule has 12 heteroatoms. The largest absolute Gasteiger partial charge is 0.475 e. The SMILES string of the molecule is CCNC(=NCCOc1ncccc1C(F)(F)F)NC1CCN(CC(N)=O)CC1.I. The summed E-state index contributed by atoms with van der Waals surface area (Å²) in [5, 5.41) is 6.42. The standard InChI is InChI=1S/C18H27F3N6O2.HI/c1-2-23-17(26-13-5-9-27(10-6-13)12-15(22)28)25-8-11-29-16-14(18(19,20)21)4-3-7-24-16;/h3-4,7,13H,2,5-6,8-12H2,1H3,(H2,22,28)(H2,23,25,26);1H. The van der Waals surface area contributed by atoms with Gasteiger partial charge in [-0.3, -0.25) is 9.69 Å². The first-order chi connectivity index (χ1) is 13.8. The second kappa shape index (κ2) is 12.8. The second-order valence-corrected chi connectivity index (χ2v) is 6.62. The number of nitrogens with one attached hydrogen (secondary N) is 2. The Kier molecular flexibility index (Phi) is 11.2. The zero-order valence-electron chi connectivity index (χ0n) is 16.7. The first-order valence-electron chi connectivity index (χ1n) is 9.50. The summed E-state index contributed by atoms with van der Waals surface area (Å²) >= 11 is 0. The highest BCUT2D eigenvalue weighted by atomic mass is 127. The Hall–Kier alpha value is -1.83. The van der Waals surface area contributed by atoms with E-state index in [1.807, 2.05) is 11.8 Å². The van der Waals surface area contributed by atoms with Crippen LogP contribution in [0, 0.1) is 0 Å². The third kappa shape index (κ3) is 8.90. The molecule has 30 heavy (non-hydrogen) atoms. The maximum absolute atomic E-state index is 12.9. The molecule has 1 saturated heterocycles. The van der Waals surface area contributed by atoms with Crippen molar-refractivity contribution in [1.82, 2.24) is 20.5 Å². The zero-order chi connectivity index (χ0) is 21.3. The van der Waals surface area contributed by atoms with Gasteiger partial charge in [0, 0.05) is 31.9 Å². The van der Waals surface area contributed by atoms with Crippen molar-refractivity contribution in [3.63, 3.8) is 0 Å². The monoisotopic (exact) mass is 544 g/mol. The number of pyridine rings is 1. The molecule has 2 rings (SSSR count). The van der Waals surface area contributed by atoms with Gasteiger partial charge < -0.3 is 21.1 Å². The fourth-order valence-electron chi connectivity index (χ4n) is 2.99. The molecule has 1 aromatic rings. The highest BCUT2D eigenvalue weighted by molar-refractivity contribution is 14.0. The summed E-state index contributed by atoms with van der Waals surface area (Å²) in [4.78, 5) is 21.0. The van der Waals surface area contributed by atoms with Crippen LogP contribution in [0.2, 0.25) is 0 Å². The fraction of sp³-hybridized carbons (Fsp3) is 0.611. The molecule has 0 radical (unpaired) electrons. The fourth-order valence-corrected chi connectivity index (χ4v) is 2.99. The van der Waals surface area contributed by atoms with Crippen molar-refractivity contribution >= 4 is 35.8 Å². The molecule has 1 fully saturated rings. The number of alkyl halides is 3. The summed E-state index contributed by atoms with van der Waals surface area (Å²) in [5.41, 5.74) is 4.31. The van der Waals surface area contributed by atoms with Crippen molar-refractivity contribution in [2.24, 2.45) is 10.7 Å². The summed E-state index contributed by atoms with van der Waals surface area (Å²) in [5.74, 6) is -0.218.